The molecule has 0 bridgehead atoms. The molecule has 0 radical (unpaired) electrons. The number of aromatic nitrogens is 1. The highest BCUT2D eigenvalue weighted by atomic mass is 19.4. The molecule has 0 aliphatic carbocycles. The third-order valence-corrected chi connectivity index (χ3v) is 3.80. The van der Waals surface area contributed by atoms with Gasteiger partial charge in [0.1, 0.15) is 17.2 Å². The molecule has 148 valence electrons. The minimum absolute atomic E-state index is 0.00984. The average Bonchev–Trinajstić information content (AvgIpc) is 3.26. The maximum absolute atomic E-state index is 13.5. The van der Waals surface area contributed by atoms with Crippen molar-refractivity contribution in [3.8, 4) is 11.7 Å². The Morgan fingerprint density at radius 3 is 2.68 bits per heavy atom. The lowest BCUT2D eigenvalue weighted by Gasteiger charge is -2.10. The van der Waals surface area contributed by atoms with Gasteiger partial charge in [-0.2, -0.15) is 13.2 Å². The van der Waals surface area contributed by atoms with Crippen molar-refractivity contribution in [1.82, 2.24) is 10.3 Å². The maximum atomic E-state index is 13.5. The van der Waals surface area contributed by atoms with E-state index in [9.17, 15) is 18.0 Å². The van der Waals surface area contributed by atoms with Crippen LogP contribution >= 0.6 is 0 Å². The number of nitrogens with one attached hydrogen (secondary N) is 2. The SMILES string of the molecule is CN=C(N)NC(=O)c1cc2c(C(F)(F)F)cc(Oc3ccc(CN)o3)cc2[nH]1. The molecule has 2 aromatic heterocycles. The zero-order valence-electron chi connectivity index (χ0n) is 14.6. The summed E-state index contributed by atoms with van der Waals surface area (Å²) in [6, 6.07) is 6.22. The van der Waals surface area contributed by atoms with E-state index in [1.54, 1.807) is 6.07 Å². The van der Waals surface area contributed by atoms with E-state index in [2.05, 4.69) is 15.3 Å². The number of H-pyrrole nitrogens is 1. The second-order valence-electron chi connectivity index (χ2n) is 5.70. The number of amides is 1. The van der Waals surface area contributed by atoms with Gasteiger partial charge in [0.25, 0.3) is 11.9 Å². The molecule has 0 saturated carbocycles. The van der Waals surface area contributed by atoms with Crippen LogP contribution in [-0.4, -0.2) is 23.9 Å². The Labute approximate surface area is 156 Å². The van der Waals surface area contributed by atoms with Crippen LogP contribution in [0.3, 0.4) is 0 Å². The fraction of sp³-hybridized carbons (Fsp3) is 0.176. The number of ether oxygens (including phenoxy) is 1. The van der Waals surface area contributed by atoms with Crippen molar-refractivity contribution in [2.24, 2.45) is 16.5 Å². The summed E-state index contributed by atoms with van der Waals surface area (Å²) >= 11 is 0. The van der Waals surface area contributed by atoms with Gasteiger partial charge >= 0.3 is 6.18 Å². The quantitative estimate of drug-likeness (QED) is 0.398. The summed E-state index contributed by atoms with van der Waals surface area (Å²) in [5.41, 5.74) is 9.80. The molecule has 0 unspecified atom stereocenters. The predicted molar refractivity (Wildman–Crippen MR) is 95.0 cm³/mol. The number of halogens is 3. The summed E-state index contributed by atoms with van der Waals surface area (Å²) in [5.74, 6) is -0.613. The minimum Gasteiger partial charge on any atom is -0.429 e. The van der Waals surface area contributed by atoms with Crippen molar-refractivity contribution in [3.05, 3.63) is 47.3 Å². The molecule has 0 aliphatic rings. The highest BCUT2D eigenvalue weighted by Gasteiger charge is 2.34. The Bertz CT molecular complexity index is 1050. The lowest BCUT2D eigenvalue weighted by Crippen LogP contribution is -2.36. The Balaban J connectivity index is 2.03. The van der Waals surface area contributed by atoms with E-state index in [4.69, 9.17) is 20.6 Å². The number of benzene rings is 1. The standard InChI is InChI=1S/C17H16F3N5O3/c1-23-16(22)25-15(26)13-6-10-11(17(18,19)20)4-9(5-12(10)24-13)28-14-3-2-8(7-21)27-14/h2-6,24H,7,21H2,1H3,(H3,22,23,25,26). The molecular formula is C17H16F3N5O3. The van der Waals surface area contributed by atoms with Gasteiger partial charge in [0.05, 0.1) is 17.6 Å². The predicted octanol–water partition coefficient (Wildman–Crippen LogP) is 2.71. The third-order valence-electron chi connectivity index (χ3n) is 3.80. The minimum atomic E-state index is -4.68. The molecule has 0 saturated heterocycles. The van der Waals surface area contributed by atoms with Crippen molar-refractivity contribution in [1.29, 1.82) is 0 Å². The molecule has 0 aliphatic heterocycles. The number of furan rings is 1. The number of aromatic amines is 1. The molecule has 0 spiro atoms. The highest BCUT2D eigenvalue weighted by molar-refractivity contribution is 6.06. The lowest BCUT2D eigenvalue weighted by molar-refractivity contribution is -0.136. The average molecular weight is 395 g/mol. The van der Waals surface area contributed by atoms with Gasteiger partial charge in [-0.25, -0.2) is 0 Å². The number of nitrogens with zero attached hydrogens (tertiary/aromatic N) is 1. The van der Waals surface area contributed by atoms with Crippen LogP contribution in [0.5, 0.6) is 11.7 Å². The van der Waals surface area contributed by atoms with Crippen LogP contribution in [0.4, 0.5) is 13.2 Å². The number of hydrogen-bond donors (Lipinski definition) is 4. The van der Waals surface area contributed by atoms with Gasteiger partial charge in [-0.3, -0.25) is 15.1 Å². The van der Waals surface area contributed by atoms with Crippen molar-refractivity contribution in [2.45, 2.75) is 12.7 Å². The van der Waals surface area contributed by atoms with Crippen molar-refractivity contribution in [2.75, 3.05) is 7.05 Å². The van der Waals surface area contributed by atoms with Crippen LogP contribution in [0, 0.1) is 0 Å². The van der Waals surface area contributed by atoms with E-state index in [0.29, 0.717) is 5.76 Å². The second kappa shape index (κ2) is 7.27. The summed E-state index contributed by atoms with van der Waals surface area (Å²) in [5, 5.41) is 2.05. The van der Waals surface area contributed by atoms with Gasteiger partial charge in [-0.15, -0.1) is 0 Å². The van der Waals surface area contributed by atoms with Gasteiger partial charge in [0.2, 0.25) is 0 Å². The Morgan fingerprint density at radius 2 is 2.07 bits per heavy atom. The van der Waals surface area contributed by atoms with Gasteiger partial charge in [0.15, 0.2) is 5.96 Å². The number of fused-ring (bicyclic) bond motifs is 1. The number of guanidine groups is 1. The lowest BCUT2D eigenvalue weighted by atomic mass is 10.1. The number of carbonyl (C=O) groups excluding carboxylic acids is 1. The largest absolute Gasteiger partial charge is 0.429 e. The first-order valence-electron chi connectivity index (χ1n) is 7.95. The molecule has 0 fully saturated rings. The molecule has 28 heavy (non-hydrogen) atoms. The monoisotopic (exact) mass is 395 g/mol. The summed E-state index contributed by atoms with van der Waals surface area (Å²) in [6.45, 7) is 0.121. The van der Waals surface area contributed by atoms with E-state index in [1.807, 2.05) is 0 Å². The van der Waals surface area contributed by atoms with E-state index in [-0.39, 0.29) is 40.8 Å². The van der Waals surface area contributed by atoms with Crippen LogP contribution in [0.15, 0.2) is 39.7 Å². The highest BCUT2D eigenvalue weighted by Crippen LogP contribution is 2.39. The first-order valence-corrected chi connectivity index (χ1v) is 7.95. The molecule has 11 heteroatoms. The van der Waals surface area contributed by atoms with Crippen molar-refractivity contribution < 1.29 is 27.1 Å². The Morgan fingerprint density at radius 1 is 1.32 bits per heavy atom. The molecule has 8 nitrogen and oxygen atoms in total. The number of hydrogen-bond acceptors (Lipinski definition) is 5. The van der Waals surface area contributed by atoms with Crippen molar-refractivity contribution in [3.63, 3.8) is 0 Å². The number of nitrogens with two attached hydrogens (primary N) is 2. The van der Waals surface area contributed by atoms with Crippen LogP contribution in [0.1, 0.15) is 21.8 Å². The Hall–Kier alpha value is -3.47. The topological polar surface area (TPSA) is 132 Å². The Kier molecular flexibility index (Phi) is 5.01. The molecule has 1 amide bonds. The van der Waals surface area contributed by atoms with E-state index < -0.39 is 17.6 Å². The first-order chi connectivity index (χ1) is 13.2. The third kappa shape index (κ3) is 3.93. The molecule has 3 rings (SSSR count). The zero-order valence-corrected chi connectivity index (χ0v) is 14.6. The van der Waals surface area contributed by atoms with Crippen LogP contribution in [0.25, 0.3) is 10.9 Å². The number of alkyl halides is 3. The molecule has 0 atom stereocenters. The fourth-order valence-corrected chi connectivity index (χ4v) is 2.51. The van der Waals surface area contributed by atoms with Gasteiger partial charge < -0.3 is 25.6 Å². The molecule has 1 aromatic carbocycles. The number of aliphatic imine (C=N–C) groups is 1. The molecule has 2 heterocycles. The molecule has 3 aromatic rings. The number of rotatable bonds is 4. The van der Waals surface area contributed by atoms with Crippen LogP contribution < -0.4 is 21.5 Å². The first kappa shape index (κ1) is 19.3. The molecule has 6 N–H and O–H groups in total. The van der Waals surface area contributed by atoms with Gasteiger partial charge in [0, 0.05) is 24.6 Å². The molecular weight excluding hydrogens is 379 g/mol. The van der Waals surface area contributed by atoms with Gasteiger partial charge in [-0.05, 0) is 18.2 Å². The number of carbonyl (C=O) groups is 1. The van der Waals surface area contributed by atoms with Crippen LogP contribution in [-0.2, 0) is 12.7 Å². The smallest absolute Gasteiger partial charge is 0.417 e. The van der Waals surface area contributed by atoms with Crippen molar-refractivity contribution >= 4 is 22.8 Å². The van der Waals surface area contributed by atoms with E-state index in [1.165, 1.54) is 19.2 Å². The van der Waals surface area contributed by atoms with E-state index in [0.717, 1.165) is 12.1 Å². The zero-order chi connectivity index (χ0) is 20.5. The van der Waals surface area contributed by atoms with E-state index >= 15 is 0 Å². The fourth-order valence-electron chi connectivity index (χ4n) is 2.51. The summed E-state index contributed by atoms with van der Waals surface area (Å²) in [4.78, 5) is 18.3. The normalized spacial score (nSPS) is 12.4. The maximum Gasteiger partial charge on any atom is 0.417 e. The summed E-state index contributed by atoms with van der Waals surface area (Å²) in [6.07, 6.45) is -4.68. The van der Waals surface area contributed by atoms with Crippen LogP contribution in [0.2, 0.25) is 0 Å². The summed E-state index contributed by atoms with van der Waals surface area (Å²) < 4.78 is 51.2. The second-order valence-corrected chi connectivity index (χ2v) is 5.70. The van der Waals surface area contributed by atoms with Gasteiger partial charge in [-0.1, -0.05) is 0 Å². The summed E-state index contributed by atoms with van der Waals surface area (Å²) in [7, 11) is 1.36.